The molecule has 0 radical (unpaired) electrons. The summed E-state index contributed by atoms with van der Waals surface area (Å²) in [5.74, 6) is 1.97. The molecular weight excluding hydrogens is 182 g/mol. The van der Waals surface area contributed by atoms with Gasteiger partial charge in [-0.1, -0.05) is 20.3 Å². The quantitative estimate of drug-likeness (QED) is 0.749. The number of rotatable bonds is 3. The maximum Gasteiger partial charge on any atom is 0.0121 e. The average molecular weight is 209 g/mol. The lowest BCUT2D eigenvalue weighted by Gasteiger charge is -2.43. The van der Waals surface area contributed by atoms with Gasteiger partial charge < -0.3 is 5.32 Å². The molecule has 0 aromatic heterocycles. The van der Waals surface area contributed by atoms with E-state index >= 15 is 0 Å². The minimum absolute atomic E-state index is 0.619. The van der Waals surface area contributed by atoms with E-state index in [9.17, 15) is 0 Å². The van der Waals surface area contributed by atoms with Crippen molar-refractivity contribution >= 4 is 0 Å². The predicted molar refractivity (Wildman–Crippen MR) is 65.9 cm³/mol. The zero-order chi connectivity index (χ0) is 10.9. The smallest absolute Gasteiger partial charge is 0.0121 e. The Hall–Kier alpha value is -0.0400. The summed E-state index contributed by atoms with van der Waals surface area (Å²) in [5.41, 5.74) is 0.619. The highest BCUT2D eigenvalue weighted by Crippen LogP contribution is 2.43. The van der Waals surface area contributed by atoms with E-state index in [4.69, 9.17) is 0 Å². The van der Waals surface area contributed by atoms with Crippen LogP contribution in [0.5, 0.6) is 0 Å². The van der Waals surface area contributed by atoms with Crippen molar-refractivity contribution in [3.8, 4) is 0 Å². The van der Waals surface area contributed by atoms with Gasteiger partial charge in [-0.25, -0.2) is 0 Å². The molecular formula is C14H27N. The Balaban J connectivity index is 1.87. The van der Waals surface area contributed by atoms with E-state index in [0.717, 1.165) is 17.9 Å². The van der Waals surface area contributed by atoms with Crippen LogP contribution in [0.1, 0.15) is 58.8 Å². The Morgan fingerprint density at radius 1 is 1.00 bits per heavy atom. The molecule has 0 spiro atoms. The third-order valence-electron chi connectivity index (χ3n) is 4.88. The van der Waals surface area contributed by atoms with Gasteiger partial charge in [0.2, 0.25) is 0 Å². The molecule has 2 rings (SSSR count). The molecule has 1 unspecified atom stereocenters. The van der Waals surface area contributed by atoms with Crippen molar-refractivity contribution in [3.05, 3.63) is 0 Å². The van der Waals surface area contributed by atoms with Crippen molar-refractivity contribution in [2.24, 2.45) is 17.3 Å². The van der Waals surface area contributed by atoms with E-state index in [2.05, 4.69) is 26.2 Å². The number of nitrogens with one attached hydrogen (secondary N) is 1. The molecule has 0 aromatic carbocycles. The number of hydrogen-bond acceptors (Lipinski definition) is 1. The molecule has 1 atom stereocenters. The minimum atomic E-state index is 0.619. The third-order valence-corrected chi connectivity index (χ3v) is 4.88. The fourth-order valence-corrected chi connectivity index (χ4v) is 3.44. The molecule has 2 fully saturated rings. The standard InChI is InChI=1S/C14H27N/c1-14(2)9-7-12(8-10-14)13(15-3)11-5-4-6-11/h11-13,15H,4-10H2,1-3H3. The molecule has 2 saturated carbocycles. The van der Waals surface area contributed by atoms with E-state index in [-0.39, 0.29) is 0 Å². The molecule has 0 saturated heterocycles. The zero-order valence-corrected chi connectivity index (χ0v) is 10.7. The van der Waals surface area contributed by atoms with E-state index in [0.29, 0.717) is 5.41 Å². The van der Waals surface area contributed by atoms with Crippen LogP contribution in [0.15, 0.2) is 0 Å². The first kappa shape index (κ1) is 11.4. The van der Waals surface area contributed by atoms with Crippen LogP contribution in [-0.2, 0) is 0 Å². The summed E-state index contributed by atoms with van der Waals surface area (Å²) in [6.07, 6.45) is 10.2. The molecule has 88 valence electrons. The van der Waals surface area contributed by atoms with Crippen molar-refractivity contribution in [1.29, 1.82) is 0 Å². The van der Waals surface area contributed by atoms with E-state index in [1.165, 1.54) is 44.9 Å². The summed E-state index contributed by atoms with van der Waals surface area (Å²) in [5, 5.41) is 3.60. The van der Waals surface area contributed by atoms with Gasteiger partial charge >= 0.3 is 0 Å². The highest BCUT2D eigenvalue weighted by molar-refractivity contribution is 4.90. The fourth-order valence-electron chi connectivity index (χ4n) is 3.44. The van der Waals surface area contributed by atoms with Crippen LogP contribution in [0.4, 0.5) is 0 Å². The summed E-state index contributed by atoms with van der Waals surface area (Å²) in [4.78, 5) is 0. The van der Waals surface area contributed by atoms with Gasteiger partial charge in [-0.15, -0.1) is 0 Å². The van der Waals surface area contributed by atoms with Crippen molar-refractivity contribution in [2.45, 2.75) is 64.8 Å². The second-order valence-corrected chi connectivity index (χ2v) is 6.51. The summed E-state index contributed by atoms with van der Waals surface area (Å²) in [6.45, 7) is 4.86. The highest BCUT2D eigenvalue weighted by Gasteiger charge is 2.36. The predicted octanol–water partition coefficient (Wildman–Crippen LogP) is 3.59. The highest BCUT2D eigenvalue weighted by atomic mass is 14.9. The summed E-state index contributed by atoms with van der Waals surface area (Å²) >= 11 is 0. The second kappa shape index (κ2) is 4.45. The Morgan fingerprint density at radius 2 is 1.53 bits per heavy atom. The van der Waals surface area contributed by atoms with Crippen LogP contribution in [0, 0.1) is 17.3 Å². The lowest BCUT2D eigenvalue weighted by atomic mass is 9.66. The molecule has 0 heterocycles. The van der Waals surface area contributed by atoms with Crippen LogP contribution in [0.3, 0.4) is 0 Å². The fraction of sp³-hybridized carbons (Fsp3) is 1.00. The van der Waals surface area contributed by atoms with Crippen LogP contribution >= 0.6 is 0 Å². The maximum absolute atomic E-state index is 3.60. The van der Waals surface area contributed by atoms with Gasteiger partial charge in [0.1, 0.15) is 0 Å². The van der Waals surface area contributed by atoms with Crippen LogP contribution in [-0.4, -0.2) is 13.1 Å². The zero-order valence-electron chi connectivity index (χ0n) is 10.7. The van der Waals surface area contributed by atoms with Gasteiger partial charge in [0.25, 0.3) is 0 Å². The molecule has 0 aliphatic heterocycles. The first-order valence-electron chi connectivity index (χ1n) is 6.80. The van der Waals surface area contributed by atoms with Crippen LogP contribution < -0.4 is 5.32 Å². The second-order valence-electron chi connectivity index (χ2n) is 6.51. The molecule has 2 aliphatic rings. The average Bonchev–Trinajstić information content (AvgIpc) is 2.12. The third kappa shape index (κ3) is 2.55. The van der Waals surface area contributed by atoms with Gasteiger partial charge in [0.15, 0.2) is 0 Å². The van der Waals surface area contributed by atoms with Gasteiger partial charge in [-0.05, 0) is 62.8 Å². The normalized spacial score (nSPS) is 29.8. The summed E-state index contributed by atoms with van der Waals surface area (Å²) < 4.78 is 0. The Labute approximate surface area is 95.0 Å². The summed E-state index contributed by atoms with van der Waals surface area (Å²) in [7, 11) is 2.17. The van der Waals surface area contributed by atoms with E-state index in [1.54, 1.807) is 0 Å². The van der Waals surface area contributed by atoms with Crippen molar-refractivity contribution < 1.29 is 0 Å². The van der Waals surface area contributed by atoms with Gasteiger partial charge in [-0.2, -0.15) is 0 Å². The molecule has 0 bridgehead atoms. The molecule has 15 heavy (non-hydrogen) atoms. The molecule has 1 nitrogen and oxygen atoms in total. The first-order chi connectivity index (χ1) is 7.12. The summed E-state index contributed by atoms with van der Waals surface area (Å²) in [6, 6.07) is 0.829. The van der Waals surface area contributed by atoms with E-state index < -0.39 is 0 Å². The topological polar surface area (TPSA) is 12.0 Å². The van der Waals surface area contributed by atoms with Crippen molar-refractivity contribution in [2.75, 3.05) is 7.05 Å². The molecule has 1 N–H and O–H groups in total. The van der Waals surface area contributed by atoms with E-state index in [1.807, 2.05) is 0 Å². The van der Waals surface area contributed by atoms with Crippen molar-refractivity contribution in [1.82, 2.24) is 5.32 Å². The first-order valence-corrected chi connectivity index (χ1v) is 6.80. The monoisotopic (exact) mass is 209 g/mol. The molecule has 2 aliphatic carbocycles. The van der Waals surface area contributed by atoms with Crippen LogP contribution in [0.2, 0.25) is 0 Å². The van der Waals surface area contributed by atoms with Crippen molar-refractivity contribution in [3.63, 3.8) is 0 Å². The molecule has 0 amide bonds. The Morgan fingerprint density at radius 3 is 1.93 bits per heavy atom. The SMILES string of the molecule is CNC(C1CCC1)C1CCC(C)(C)CC1. The Kier molecular flexibility index (Phi) is 3.39. The molecule has 0 aromatic rings. The van der Waals surface area contributed by atoms with Gasteiger partial charge in [-0.3, -0.25) is 0 Å². The minimum Gasteiger partial charge on any atom is -0.316 e. The van der Waals surface area contributed by atoms with Gasteiger partial charge in [0.05, 0.1) is 0 Å². The largest absolute Gasteiger partial charge is 0.316 e. The maximum atomic E-state index is 3.60. The van der Waals surface area contributed by atoms with Gasteiger partial charge in [0, 0.05) is 6.04 Å². The molecule has 1 heteroatoms. The lowest BCUT2D eigenvalue weighted by Crippen LogP contribution is -2.45. The van der Waals surface area contributed by atoms with Crippen LogP contribution in [0.25, 0.3) is 0 Å². The lowest BCUT2D eigenvalue weighted by molar-refractivity contribution is 0.111. The Bertz CT molecular complexity index is 195. The number of hydrogen-bond donors (Lipinski definition) is 1.